The predicted molar refractivity (Wildman–Crippen MR) is 69.0 cm³/mol. The third kappa shape index (κ3) is 3.78. The molecule has 0 aliphatic heterocycles. The molecule has 0 saturated carbocycles. The Labute approximate surface area is 119 Å². The minimum absolute atomic E-state index is 0.0570. The van der Waals surface area contributed by atoms with Crippen molar-refractivity contribution < 1.29 is 22.7 Å². The first-order chi connectivity index (χ1) is 9.77. The second kappa shape index (κ2) is 5.81. The molecule has 1 aromatic heterocycles. The highest BCUT2D eigenvalue weighted by Crippen LogP contribution is 2.32. The second-order valence-electron chi connectivity index (χ2n) is 4.78. The summed E-state index contributed by atoms with van der Waals surface area (Å²) in [7, 11) is 0. The molecule has 1 aromatic carbocycles. The van der Waals surface area contributed by atoms with E-state index in [1.165, 1.54) is 0 Å². The molecule has 1 unspecified atom stereocenters. The summed E-state index contributed by atoms with van der Waals surface area (Å²) in [4.78, 5) is 4.04. The molecular formula is C15H13F4NO. The van der Waals surface area contributed by atoms with Crippen molar-refractivity contribution in [2.45, 2.75) is 25.6 Å². The Morgan fingerprint density at radius 3 is 2.48 bits per heavy atom. The van der Waals surface area contributed by atoms with E-state index in [1.807, 2.05) is 6.92 Å². The Morgan fingerprint density at radius 2 is 1.90 bits per heavy atom. The number of alkyl halides is 3. The fourth-order valence-electron chi connectivity index (χ4n) is 1.90. The van der Waals surface area contributed by atoms with Gasteiger partial charge in [0.05, 0.1) is 11.7 Å². The lowest BCUT2D eigenvalue weighted by molar-refractivity contribution is -0.137. The quantitative estimate of drug-likeness (QED) is 0.874. The molecule has 1 N–H and O–H groups in total. The molecule has 1 atom stereocenters. The average molecular weight is 299 g/mol. The molecule has 0 bridgehead atoms. The largest absolute Gasteiger partial charge is 0.416 e. The molecule has 6 heteroatoms. The van der Waals surface area contributed by atoms with Crippen LogP contribution < -0.4 is 0 Å². The second-order valence-corrected chi connectivity index (χ2v) is 4.78. The highest BCUT2D eigenvalue weighted by molar-refractivity contribution is 5.29. The van der Waals surface area contributed by atoms with E-state index in [0.717, 1.165) is 5.56 Å². The zero-order chi connectivity index (χ0) is 15.6. The Morgan fingerprint density at radius 1 is 1.19 bits per heavy atom. The first-order valence-electron chi connectivity index (χ1n) is 6.23. The first kappa shape index (κ1) is 15.4. The maximum Gasteiger partial charge on any atom is 0.416 e. The van der Waals surface area contributed by atoms with Gasteiger partial charge >= 0.3 is 6.18 Å². The molecule has 0 saturated heterocycles. The highest BCUT2D eigenvalue weighted by atomic mass is 19.4. The third-order valence-electron chi connectivity index (χ3n) is 3.06. The van der Waals surface area contributed by atoms with Gasteiger partial charge in [-0.1, -0.05) is 6.07 Å². The van der Waals surface area contributed by atoms with E-state index >= 15 is 0 Å². The summed E-state index contributed by atoms with van der Waals surface area (Å²) < 4.78 is 51.5. The van der Waals surface area contributed by atoms with Gasteiger partial charge in [0.1, 0.15) is 5.82 Å². The van der Waals surface area contributed by atoms with Gasteiger partial charge in [0, 0.05) is 23.9 Å². The number of halogens is 4. The number of aliphatic hydroxyl groups excluding tert-OH is 1. The lowest BCUT2D eigenvalue weighted by Crippen LogP contribution is -2.10. The summed E-state index contributed by atoms with van der Waals surface area (Å²) in [5.41, 5.74) is 0.0189. The zero-order valence-corrected chi connectivity index (χ0v) is 11.2. The molecule has 0 spiro atoms. The van der Waals surface area contributed by atoms with Gasteiger partial charge in [0.2, 0.25) is 0 Å². The molecule has 2 nitrogen and oxygen atoms in total. The number of nitrogens with zero attached hydrogens (tertiary/aromatic N) is 1. The Kier molecular flexibility index (Phi) is 4.27. The molecular weight excluding hydrogens is 286 g/mol. The van der Waals surface area contributed by atoms with Crippen LogP contribution in [0.3, 0.4) is 0 Å². The molecule has 2 rings (SSSR count). The van der Waals surface area contributed by atoms with Crippen molar-refractivity contribution in [3.63, 3.8) is 0 Å². The van der Waals surface area contributed by atoms with Gasteiger partial charge < -0.3 is 5.11 Å². The number of hydrogen-bond acceptors (Lipinski definition) is 2. The number of hydrogen-bond donors (Lipinski definition) is 1. The van der Waals surface area contributed by atoms with E-state index < -0.39 is 23.7 Å². The summed E-state index contributed by atoms with van der Waals surface area (Å²) in [5, 5.41) is 9.97. The van der Waals surface area contributed by atoms with Gasteiger partial charge in [-0.25, -0.2) is 4.39 Å². The lowest BCUT2D eigenvalue weighted by atomic mass is 10.0. The van der Waals surface area contributed by atoms with Gasteiger partial charge in [-0.2, -0.15) is 13.2 Å². The van der Waals surface area contributed by atoms with Crippen molar-refractivity contribution in [1.29, 1.82) is 0 Å². The van der Waals surface area contributed by atoms with Crippen LogP contribution in [-0.2, 0) is 12.6 Å². The van der Waals surface area contributed by atoms with Crippen LogP contribution in [0.5, 0.6) is 0 Å². The van der Waals surface area contributed by atoms with Gasteiger partial charge in [-0.3, -0.25) is 4.98 Å². The smallest absolute Gasteiger partial charge is 0.388 e. The molecule has 1 heterocycles. The van der Waals surface area contributed by atoms with Crippen LogP contribution in [0.15, 0.2) is 36.5 Å². The summed E-state index contributed by atoms with van der Waals surface area (Å²) in [6.07, 6.45) is -4.45. The number of aryl methyl sites for hydroxylation is 1. The molecule has 0 aliphatic rings. The first-order valence-corrected chi connectivity index (χ1v) is 6.23. The Bertz CT molecular complexity index is 623. The van der Waals surface area contributed by atoms with Gasteiger partial charge in [0.25, 0.3) is 0 Å². The SMILES string of the molecule is Cc1ccc(CC(O)c2cc(C(F)(F)F)ccc2F)nc1. The average Bonchev–Trinajstić information content (AvgIpc) is 2.40. The van der Waals surface area contributed by atoms with E-state index in [-0.39, 0.29) is 12.0 Å². The minimum atomic E-state index is -4.58. The van der Waals surface area contributed by atoms with Crippen LogP contribution in [-0.4, -0.2) is 10.1 Å². The Hall–Kier alpha value is -1.95. The summed E-state index contributed by atoms with van der Waals surface area (Å²) >= 11 is 0. The van der Waals surface area contributed by atoms with Crippen molar-refractivity contribution in [1.82, 2.24) is 4.98 Å². The van der Waals surface area contributed by atoms with Crippen LogP contribution in [0, 0.1) is 12.7 Å². The standard InChI is InChI=1S/C15H13F4NO/c1-9-2-4-11(20-8-9)7-14(21)12-6-10(15(17,18)19)3-5-13(12)16/h2-6,8,14,21H,7H2,1H3. The number of aliphatic hydroxyl groups is 1. The van der Waals surface area contributed by atoms with Crippen molar-refractivity contribution in [2.75, 3.05) is 0 Å². The molecule has 2 aromatic rings. The maximum absolute atomic E-state index is 13.6. The van der Waals surface area contributed by atoms with Crippen LogP contribution in [0.1, 0.15) is 28.5 Å². The number of aromatic nitrogens is 1. The normalized spacial score (nSPS) is 13.2. The monoisotopic (exact) mass is 299 g/mol. The van der Waals surface area contributed by atoms with Crippen LogP contribution in [0.25, 0.3) is 0 Å². The minimum Gasteiger partial charge on any atom is -0.388 e. The topological polar surface area (TPSA) is 33.1 Å². The summed E-state index contributed by atoms with van der Waals surface area (Å²) in [6.45, 7) is 1.83. The highest BCUT2D eigenvalue weighted by Gasteiger charge is 2.31. The molecule has 0 amide bonds. The van der Waals surface area contributed by atoms with Crippen molar-refractivity contribution in [2.24, 2.45) is 0 Å². The van der Waals surface area contributed by atoms with Crippen LogP contribution >= 0.6 is 0 Å². The molecule has 0 fully saturated rings. The zero-order valence-electron chi connectivity index (χ0n) is 11.2. The molecule has 0 aliphatic carbocycles. The van der Waals surface area contributed by atoms with E-state index in [0.29, 0.717) is 23.9 Å². The predicted octanol–water partition coefficient (Wildman–Crippen LogP) is 3.82. The fourth-order valence-corrected chi connectivity index (χ4v) is 1.90. The van der Waals surface area contributed by atoms with Crippen molar-refractivity contribution >= 4 is 0 Å². The number of benzene rings is 1. The molecule has 21 heavy (non-hydrogen) atoms. The van der Waals surface area contributed by atoms with E-state index in [2.05, 4.69) is 4.98 Å². The van der Waals surface area contributed by atoms with Crippen LogP contribution in [0.2, 0.25) is 0 Å². The lowest BCUT2D eigenvalue weighted by Gasteiger charge is -2.14. The number of pyridine rings is 1. The maximum atomic E-state index is 13.6. The van der Waals surface area contributed by atoms with Crippen molar-refractivity contribution in [3.8, 4) is 0 Å². The van der Waals surface area contributed by atoms with E-state index in [1.54, 1.807) is 18.3 Å². The van der Waals surface area contributed by atoms with Gasteiger partial charge in [0.15, 0.2) is 0 Å². The van der Waals surface area contributed by atoms with Gasteiger partial charge in [-0.05, 0) is 36.8 Å². The Balaban J connectivity index is 2.26. The van der Waals surface area contributed by atoms with Crippen molar-refractivity contribution in [3.05, 3.63) is 64.7 Å². The van der Waals surface area contributed by atoms with Gasteiger partial charge in [-0.15, -0.1) is 0 Å². The van der Waals surface area contributed by atoms with E-state index in [9.17, 15) is 22.7 Å². The molecule has 0 radical (unpaired) electrons. The fraction of sp³-hybridized carbons (Fsp3) is 0.267. The summed E-state index contributed by atoms with van der Waals surface area (Å²) in [5.74, 6) is -0.873. The summed E-state index contributed by atoms with van der Waals surface area (Å²) in [6, 6.07) is 5.40. The molecule has 112 valence electrons. The van der Waals surface area contributed by atoms with Crippen LogP contribution in [0.4, 0.5) is 17.6 Å². The van der Waals surface area contributed by atoms with E-state index in [4.69, 9.17) is 0 Å². The number of rotatable bonds is 3. The third-order valence-corrected chi connectivity index (χ3v) is 3.06.